The Kier molecular flexibility index (Phi) is 3.99. The third kappa shape index (κ3) is 3.11. The van der Waals surface area contributed by atoms with E-state index < -0.39 is 10.0 Å². The summed E-state index contributed by atoms with van der Waals surface area (Å²) in [6.07, 6.45) is 7.97. The summed E-state index contributed by atoms with van der Waals surface area (Å²) in [6, 6.07) is 0.236. The van der Waals surface area contributed by atoms with Crippen molar-refractivity contribution in [2.75, 3.05) is 31.9 Å². The van der Waals surface area contributed by atoms with Gasteiger partial charge in [-0.25, -0.2) is 13.4 Å². The van der Waals surface area contributed by atoms with E-state index in [0.717, 1.165) is 12.8 Å². The van der Waals surface area contributed by atoms with Crippen LogP contribution in [0, 0.1) is 0 Å². The summed E-state index contributed by atoms with van der Waals surface area (Å²) in [5.41, 5.74) is 0. The van der Waals surface area contributed by atoms with Crippen LogP contribution in [0.3, 0.4) is 0 Å². The van der Waals surface area contributed by atoms with Crippen LogP contribution in [-0.4, -0.2) is 65.0 Å². The number of hydrogen-bond donors (Lipinski definition) is 0. The first-order valence-electron chi connectivity index (χ1n) is 7.29. The topological polar surface area (TPSA) is 75.5 Å². The summed E-state index contributed by atoms with van der Waals surface area (Å²) >= 11 is 0. The third-order valence-electron chi connectivity index (χ3n) is 4.21. The van der Waals surface area contributed by atoms with Crippen molar-refractivity contribution in [1.82, 2.24) is 18.8 Å². The fraction of sp³-hybridized carbons (Fsp3) is 0.692. The Bertz CT molecular complexity index is 599. The highest BCUT2D eigenvalue weighted by Gasteiger charge is 2.32. The van der Waals surface area contributed by atoms with E-state index >= 15 is 0 Å². The van der Waals surface area contributed by atoms with Gasteiger partial charge in [-0.2, -0.15) is 4.31 Å². The zero-order valence-corrected chi connectivity index (χ0v) is 12.7. The summed E-state index contributed by atoms with van der Waals surface area (Å²) in [5, 5.41) is 0. The fourth-order valence-electron chi connectivity index (χ4n) is 3.03. The van der Waals surface area contributed by atoms with Gasteiger partial charge in [-0.1, -0.05) is 0 Å². The normalized spacial score (nSPS) is 26.1. The SMILES string of the molecule is O=C(CN1CCCS1(=O)=O)N1CCC[C@H](n2ccnc2)C1. The minimum Gasteiger partial charge on any atom is -0.339 e. The van der Waals surface area contributed by atoms with Gasteiger partial charge in [-0.3, -0.25) is 4.79 Å². The summed E-state index contributed by atoms with van der Waals surface area (Å²) in [5.74, 6) is 0.0723. The van der Waals surface area contributed by atoms with Crippen molar-refractivity contribution < 1.29 is 13.2 Å². The lowest BCUT2D eigenvalue weighted by Gasteiger charge is -2.34. The monoisotopic (exact) mass is 312 g/mol. The van der Waals surface area contributed by atoms with Crippen LogP contribution in [0.15, 0.2) is 18.7 Å². The maximum atomic E-state index is 12.4. The Morgan fingerprint density at radius 2 is 2.14 bits per heavy atom. The van der Waals surface area contributed by atoms with E-state index in [1.54, 1.807) is 17.4 Å². The molecule has 0 aromatic carbocycles. The molecule has 3 heterocycles. The fourth-order valence-corrected chi connectivity index (χ4v) is 4.50. The number of amides is 1. The van der Waals surface area contributed by atoms with Gasteiger partial charge in [0.15, 0.2) is 0 Å². The summed E-state index contributed by atoms with van der Waals surface area (Å²) in [6.45, 7) is 1.78. The molecule has 1 amide bonds. The Labute approximate surface area is 124 Å². The van der Waals surface area contributed by atoms with Crippen LogP contribution in [0.25, 0.3) is 0 Å². The minimum atomic E-state index is -3.21. The number of aromatic nitrogens is 2. The Hall–Kier alpha value is -1.41. The van der Waals surface area contributed by atoms with E-state index in [9.17, 15) is 13.2 Å². The molecule has 0 aliphatic carbocycles. The van der Waals surface area contributed by atoms with Crippen molar-refractivity contribution in [3.8, 4) is 0 Å². The standard InChI is InChI=1S/C13H20N4O3S/c18-13(10-17-6-2-8-21(17,19)20)15-5-1-3-12(9-15)16-7-4-14-11-16/h4,7,11-12H,1-3,5-6,8-10H2/t12-/m0/s1. The minimum absolute atomic E-state index is 0.0149. The number of sulfonamides is 1. The van der Waals surface area contributed by atoms with E-state index in [-0.39, 0.29) is 24.2 Å². The smallest absolute Gasteiger partial charge is 0.237 e. The van der Waals surface area contributed by atoms with Crippen molar-refractivity contribution in [3.63, 3.8) is 0 Å². The van der Waals surface area contributed by atoms with E-state index in [2.05, 4.69) is 4.98 Å². The molecular weight excluding hydrogens is 292 g/mol. The molecule has 21 heavy (non-hydrogen) atoms. The highest BCUT2D eigenvalue weighted by Crippen LogP contribution is 2.22. The molecule has 2 saturated heterocycles. The molecule has 8 heteroatoms. The van der Waals surface area contributed by atoms with Gasteiger partial charge in [0.05, 0.1) is 24.7 Å². The number of carbonyl (C=O) groups excluding carboxylic acids is 1. The molecule has 0 spiro atoms. The Balaban J connectivity index is 1.62. The van der Waals surface area contributed by atoms with Crippen LogP contribution in [0.1, 0.15) is 25.3 Å². The Morgan fingerprint density at radius 3 is 2.81 bits per heavy atom. The molecule has 1 aromatic heterocycles. The lowest BCUT2D eigenvalue weighted by Crippen LogP contribution is -2.45. The van der Waals surface area contributed by atoms with Gasteiger partial charge in [0.2, 0.25) is 15.9 Å². The van der Waals surface area contributed by atoms with Crippen LogP contribution in [0.2, 0.25) is 0 Å². The molecule has 3 rings (SSSR count). The third-order valence-corrected chi connectivity index (χ3v) is 6.11. The lowest BCUT2D eigenvalue weighted by molar-refractivity contribution is -0.133. The van der Waals surface area contributed by atoms with Gasteiger partial charge < -0.3 is 9.47 Å². The van der Waals surface area contributed by atoms with Gasteiger partial charge in [0.25, 0.3) is 0 Å². The predicted molar refractivity (Wildman–Crippen MR) is 77.1 cm³/mol. The van der Waals surface area contributed by atoms with Crippen LogP contribution in [-0.2, 0) is 14.8 Å². The molecule has 0 unspecified atom stereocenters. The number of likely N-dealkylation sites (tertiary alicyclic amines) is 1. The van der Waals surface area contributed by atoms with E-state index in [0.29, 0.717) is 26.1 Å². The predicted octanol–water partition coefficient (Wildman–Crippen LogP) is 0.0821. The number of imidazole rings is 1. The molecule has 2 aliphatic heterocycles. The van der Waals surface area contributed by atoms with Crippen molar-refractivity contribution in [3.05, 3.63) is 18.7 Å². The summed E-state index contributed by atoms with van der Waals surface area (Å²) in [4.78, 5) is 18.2. The van der Waals surface area contributed by atoms with Gasteiger partial charge in [-0.05, 0) is 19.3 Å². The molecule has 2 aliphatic rings. The van der Waals surface area contributed by atoms with Gasteiger partial charge in [-0.15, -0.1) is 0 Å². The zero-order chi connectivity index (χ0) is 14.9. The molecule has 7 nitrogen and oxygen atoms in total. The van der Waals surface area contributed by atoms with Crippen molar-refractivity contribution in [1.29, 1.82) is 0 Å². The lowest BCUT2D eigenvalue weighted by atomic mass is 10.1. The largest absolute Gasteiger partial charge is 0.339 e. The van der Waals surface area contributed by atoms with Crippen molar-refractivity contribution >= 4 is 15.9 Å². The number of hydrogen-bond acceptors (Lipinski definition) is 4. The van der Waals surface area contributed by atoms with Gasteiger partial charge >= 0.3 is 0 Å². The van der Waals surface area contributed by atoms with Crippen molar-refractivity contribution in [2.24, 2.45) is 0 Å². The molecule has 0 saturated carbocycles. The molecular formula is C13H20N4O3S. The number of rotatable bonds is 3. The maximum Gasteiger partial charge on any atom is 0.237 e. The second kappa shape index (κ2) is 5.76. The molecule has 1 aromatic rings. The highest BCUT2D eigenvalue weighted by molar-refractivity contribution is 7.89. The molecule has 0 bridgehead atoms. The van der Waals surface area contributed by atoms with Gasteiger partial charge in [0, 0.05) is 32.0 Å². The first-order chi connectivity index (χ1) is 10.1. The summed E-state index contributed by atoms with van der Waals surface area (Å²) < 4.78 is 26.9. The average molecular weight is 312 g/mol. The zero-order valence-electron chi connectivity index (χ0n) is 11.9. The van der Waals surface area contributed by atoms with Gasteiger partial charge in [0.1, 0.15) is 0 Å². The highest BCUT2D eigenvalue weighted by atomic mass is 32.2. The summed E-state index contributed by atoms with van der Waals surface area (Å²) in [7, 11) is -3.21. The molecule has 2 fully saturated rings. The second-order valence-electron chi connectivity index (χ2n) is 5.65. The van der Waals surface area contributed by atoms with Crippen LogP contribution in [0.4, 0.5) is 0 Å². The van der Waals surface area contributed by atoms with Crippen LogP contribution < -0.4 is 0 Å². The van der Waals surface area contributed by atoms with E-state index in [4.69, 9.17) is 0 Å². The maximum absolute atomic E-state index is 12.4. The molecule has 116 valence electrons. The Morgan fingerprint density at radius 1 is 1.29 bits per heavy atom. The first-order valence-corrected chi connectivity index (χ1v) is 8.90. The quantitative estimate of drug-likeness (QED) is 0.792. The average Bonchev–Trinajstić information content (AvgIpc) is 3.10. The second-order valence-corrected chi connectivity index (χ2v) is 7.74. The van der Waals surface area contributed by atoms with E-state index in [1.807, 2.05) is 10.8 Å². The number of nitrogens with zero attached hydrogens (tertiary/aromatic N) is 4. The van der Waals surface area contributed by atoms with Crippen LogP contribution >= 0.6 is 0 Å². The first kappa shape index (κ1) is 14.5. The molecule has 0 radical (unpaired) electrons. The van der Waals surface area contributed by atoms with E-state index in [1.165, 1.54) is 4.31 Å². The number of carbonyl (C=O) groups is 1. The van der Waals surface area contributed by atoms with Crippen LogP contribution in [0.5, 0.6) is 0 Å². The number of piperidine rings is 1. The van der Waals surface area contributed by atoms with Crippen molar-refractivity contribution in [2.45, 2.75) is 25.3 Å². The molecule has 0 N–H and O–H groups in total. The molecule has 1 atom stereocenters.